The number of amides is 1. The van der Waals surface area contributed by atoms with Crippen LogP contribution < -0.4 is 5.32 Å². The maximum atomic E-state index is 13.6. The molecule has 0 saturated carbocycles. The quantitative estimate of drug-likeness (QED) is 0.726. The summed E-state index contributed by atoms with van der Waals surface area (Å²) >= 11 is 0. The zero-order chi connectivity index (χ0) is 15.5. The molecular formula is C16H11FN2O3. The van der Waals surface area contributed by atoms with Gasteiger partial charge in [0.2, 0.25) is 5.76 Å². The summed E-state index contributed by atoms with van der Waals surface area (Å²) in [5, 5.41) is 15.6. The predicted octanol–water partition coefficient (Wildman–Crippen LogP) is 3.44. The Morgan fingerprint density at radius 2 is 1.91 bits per heavy atom. The van der Waals surface area contributed by atoms with E-state index in [2.05, 4.69) is 10.5 Å². The fourth-order valence-corrected chi connectivity index (χ4v) is 1.94. The number of hydrogen-bond acceptors (Lipinski definition) is 4. The van der Waals surface area contributed by atoms with Crippen LogP contribution in [0.5, 0.6) is 5.75 Å². The minimum atomic E-state index is -0.740. The Morgan fingerprint density at radius 1 is 1.14 bits per heavy atom. The summed E-state index contributed by atoms with van der Waals surface area (Å²) in [4.78, 5) is 12.0. The summed E-state index contributed by atoms with van der Waals surface area (Å²) in [6, 6.07) is 14.4. The monoisotopic (exact) mass is 298 g/mol. The minimum absolute atomic E-state index is 0.0819. The number of hydrogen-bond donors (Lipinski definition) is 2. The van der Waals surface area contributed by atoms with E-state index in [1.54, 1.807) is 0 Å². The van der Waals surface area contributed by atoms with E-state index in [0.29, 0.717) is 5.69 Å². The lowest BCUT2D eigenvalue weighted by Crippen LogP contribution is -2.12. The molecule has 3 rings (SSSR count). The molecule has 0 bridgehead atoms. The Bertz CT molecular complexity index is 795. The van der Waals surface area contributed by atoms with Gasteiger partial charge in [0.15, 0.2) is 5.82 Å². The molecule has 0 aliphatic rings. The maximum absolute atomic E-state index is 13.6. The van der Waals surface area contributed by atoms with Crippen molar-refractivity contribution in [3.63, 3.8) is 0 Å². The number of rotatable bonds is 3. The second kappa shape index (κ2) is 5.69. The van der Waals surface area contributed by atoms with Gasteiger partial charge in [-0.15, -0.1) is 0 Å². The fraction of sp³-hybridized carbons (Fsp3) is 0. The first kappa shape index (κ1) is 13.8. The molecule has 1 aromatic heterocycles. The normalized spacial score (nSPS) is 10.4. The molecule has 0 radical (unpaired) electrons. The molecule has 0 aliphatic carbocycles. The van der Waals surface area contributed by atoms with Gasteiger partial charge in [0.1, 0.15) is 17.1 Å². The van der Waals surface area contributed by atoms with Crippen molar-refractivity contribution in [2.45, 2.75) is 0 Å². The van der Waals surface area contributed by atoms with Gasteiger partial charge in [-0.25, -0.2) is 4.39 Å². The van der Waals surface area contributed by atoms with Gasteiger partial charge in [0.05, 0.1) is 0 Å². The maximum Gasteiger partial charge on any atom is 0.294 e. The Kier molecular flexibility index (Phi) is 3.57. The Morgan fingerprint density at radius 3 is 2.64 bits per heavy atom. The topological polar surface area (TPSA) is 75.4 Å². The summed E-state index contributed by atoms with van der Waals surface area (Å²) in [5.41, 5.74) is 0.979. The molecule has 0 aliphatic heterocycles. The number of anilines is 1. The number of aromatic nitrogens is 1. The van der Waals surface area contributed by atoms with Crippen LogP contribution in [0.1, 0.15) is 10.6 Å². The predicted molar refractivity (Wildman–Crippen MR) is 78.0 cm³/mol. The van der Waals surface area contributed by atoms with E-state index in [1.807, 2.05) is 30.3 Å². The Labute approximate surface area is 125 Å². The lowest BCUT2D eigenvalue weighted by molar-refractivity contribution is 0.0987. The van der Waals surface area contributed by atoms with E-state index in [-0.39, 0.29) is 17.2 Å². The van der Waals surface area contributed by atoms with Crippen LogP contribution >= 0.6 is 0 Å². The van der Waals surface area contributed by atoms with E-state index in [0.717, 1.165) is 11.6 Å². The summed E-state index contributed by atoms with van der Waals surface area (Å²) < 4.78 is 18.5. The Hall–Kier alpha value is -3.15. The first-order chi connectivity index (χ1) is 10.6. The van der Waals surface area contributed by atoms with Crippen LogP contribution in [0.4, 0.5) is 10.1 Å². The Balaban J connectivity index is 1.83. The SMILES string of the molecule is O=C(Nc1c(O)cccc1F)c1cc(-c2ccccc2)no1. The fourth-order valence-electron chi connectivity index (χ4n) is 1.94. The smallest absolute Gasteiger partial charge is 0.294 e. The number of aromatic hydroxyl groups is 1. The second-order valence-electron chi connectivity index (χ2n) is 4.53. The molecule has 2 aromatic carbocycles. The summed E-state index contributed by atoms with van der Waals surface area (Å²) in [5.74, 6) is -1.89. The molecule has 0 fully saturated rings. The highest BCUT2D eigenvalue weighted by molar-refractivity contribution is 6.03. The van der Waals surface area contributed by atoms with Crippen molar-refractivity contribution in [1.82, 2.24) is 5.16 Å². The molecule has 2 N–H and O–H groups in total. The van der Waals surface area contributed by atoms with Crippen molar-refractivity contribution in [3.8, 4) is 17.0 Å². The molecule has 6 heteroatoms. The van der Waals surface area contributed by atoms with Crippen LogP contribution in [-0.4, -0.2) is 16.2 Å². The first-order valence-corrected chi connectivity index (χ1v) is 6.46. The molecule has 0 saturated heterocycles. The number of halogens is 1. The number of carbonyl (C=O) groups is 1. The zero-order valence-corrected chi connectivity index (χ0v) is 11.3. The van der Waals surface area contributed by atoms with Crippen LogP contribution in [-0.2, 0) is 0 Å². The lowest BCUT2D eigenvalue weighted by atomic mass is 10.1. The molecule has 0 atom stereocenters. The largest absolute Gasteiger partial charge is 0.506 e. The van der Waals surface area contributed by atoms with E-state index < -0.39 is 11.7 Å². The van der Waals surface area contributed by atoms with Crippen molar-refractivity contribution in [3.05, 3.63) is 66.2 Å². The number of nitrogens with one attached hydrogen (secondary N) is 1. The highest BCUT2D eigenvalue weighted by Gasteiger charge is 2.17. The van der Waals surface area contributed by atoms with E-state index >= 15 is 0 Å². The summed E-state index contributed by atoms with van der Waals surface area (Å²) in [7, 11) is 0. The molecule has 0 unspecified atom stereocenters. The van der Waals surface area contributed by atoms with Crippen molar-refractivity contribution in [1.29, 1.82) is 0 Å². The summed E-state index contributed by atoms with van der Waals surface area (Å²) in [6.07, 6.45) is 0. The first-order valence-electron chi connectivity index (χ1n) is 6.46. The standard InChI is InChI=1S/C16H11FN2O3/c17-11-7-4-8-13(20)15(11)18-16(21)14-9-12(19-22-14)10-5-2-1-3-6-10/h1-9,20H,(H,18,21). The molecule has 1 heterocycles. The minimum Gasteiger partial charge on any atom is -0.506 e. The average molecular weight is 298 g/mol. The third-order valence-electron chi connectivity index (χ3n) is 3.03. The number of nitrogens with zero attached hydrogens (tertiary/aromatic N) is 1. The molecule has 110 valence electrons. The third kappa shape index (κ3) is 2.67. The van der Waals surface area contributed by atoms with Gasteiger partial charge in [-0.3, -0.25) is 4.79 Å². The van der Waals surface area contributed by atoms with Gasteiger partial charge in [-0.2, -0.15) is 0 Å². The molecule has 5 nitrogen and oxygen atoms in total. The summed E-state index contributed by atoms with van der Waals surface area (Å²) in [6.45, 7) is 0. The van der Waals surface area contributed by atoms with Crippen LogP contribution in [0.2, 0.25) is 0 Å². The highest BCUT2D eigenvalue weighted by Crippen LogP contribution is 2.27. The third-order valence-corrected chi connectivity index (χ3v) is 3.03. The van der Waals surface area contributed by atoms with Gasteiger partial charge in [-0.1, -0.05) is 41.6 Å². The molecule has 22 heavy (non-hydrogen) atoms. The van der Waals surface area contributed by atoms with Crippen molar-refractivity contribution in [2.24, 2.45) is 0 Å². The number of benzene rings is 2. The molecular weight excluding hydrogens is 287 g/mol. The van der Waals surface area contributed by atoms with Crippen LogP contribution in [0, 0.1) is 5.82 Å². The lowest BCUT2D eigenvalue weighted by Gasteiger charge is -2.05. The number of phenolic OH excluding ortho intramolecular Hbond substituents is 1. The van der Waals surface area contributed by atoms with Crippen molar-refractivity contribution >= 4 is 11.6 Å². The van der Waals surface area contributed by atoms with Gasteiger partial charge in [-0.05, 0) is 12.1 Å². The van der Waals surface area contributed by atoms with Crippen LogP contribution in [0.15, 0.2) is 59.1 Å². The van der Waals surface area contributed by atoms with E-state index in [1.165, 1.54) is 18.2 Å². The average Bonchev–Trinajstić information content (AvgIpc) is 3.02. The number of phenols is 1. The van der Waals surface area contributed by atoms with Crippen LogP contribution in [0.3, 0.4) is 0 Å². The second-order valence-corrected chi connectivity index (χ2v) is 4.53. The molecule has 0 spiro atoms. The zero-order valence-electron chi connectivity index (χ0n) is 11.3. The van der Waals surface area contributed by atoms with E-state index in [4.69, 9.17) is 4.52 Å². The van der Waals surface area contributed by atoms with Gasteiger partial charge in [0.25, 0.3) is 5.91 Å². The number of carbonyl (C=O) groups excluding carboxylic acids is 1. The van der Waals surface area contributed by atoms with Gasteiger partial charge in [0, 0.05) is 11.6 Å². The number of para-hydroxylation sites is 1. The molecule has 1 amide bonds. The van der Waals surface area contributed by atoms with Crippen molar-refractivity contribution in [2.75, 3.05) is 5.32 Å². The van der Waals surface area contributed by atoms with Gasteiger partial charge < -0.3 is 14.9 Å². The highest BCUT2D eigenvalue weighted by atomic mass is 19.1. The van der Waals surface area contributed by atoms with E-state index in [9.17, 15) is 14.3 Å². The van der Waals surface area contributed by atoms with Crippen LogP contribution in [0.25, 0.3) is 11.3 Å². The molecule has 3 aromatic rings. The van der Waals surface area contributed by atoms with Gasteiger partial charge >= 0.3 is 0 Å². The van der Waals surface area contributed by atoms with Crippen molar-refractivity contribution < 1.29 is 18.8 Å².